The molecule has 0 unspecified atom stereocenters. The first-order valence-electron chi connectivity index (χ1n) is 4.30. The molecule has 0 radical (unpaired) electrons. The molecule has 0 aromatic carbocycles. The van der Waals surface area contributed by atoms with Crippen LogP contribution in [0.2, 0.25) is 0 Å². The lowest BCUT2D eigenvalue weighted by molar-refractivity contribution is 0.137. The van der Waals surface area contributed by atoms with Gasteiger partial charge in [0.05, 0.1) is 13.2 Å². The molecule has 0 saturated heterocycles. The summed E-state index contributed by atoms with van der Waals surface area (Å²) in [4.78, 5) is 0. The van der Waals surface area contributed by atoms with Crippen LogP contribution in [0.3, 0.4) is 0 Å². The summed E-state index contributed by atoms with van der Waals surface area (Å²) < 4.78 is 21.6. The highest BCUT2D eigenvalue weighted by molar-refractivity contribution is 7.54. The molecule has 6 heteroatoms. The molecule has 0 amide bonds. The molecule has 0 heterocycles. The number of nitrogens with two attached hydrogens (primary N) is 1. The minimum atomic E-state index is -3.44. The van der Waals surface area contributed by atoms with Gasteiger partial charge in [-0.25, -0.2) is 0 Å². The van der Waals surface area contributed by atoms with E-state index in [1.807, 2.05) is 0 Å². The van der Waals surface area contributed by atoms with E-state index in [1.165, 1.54) is 0 Å². The maximum Gasteiger partial charge on any atom is 0.360 e. The predicted octanol–water partition coefficient (Wildman–Crippen LogP) is 0.918. The zero-order chi connectivity index (χ0) is 10.5. The van der Waals surface area contributed by atoms with Gasteiger partial charge >= 0.3 is 7.60 Å². The lowest BCUT2D eigenvalue weighted by atomic mass is 10.4. The summed E-state index contributed by atoms with van der Waals surface area (Å²) in [6.07, 6.45) is 0. The van der Waals surface area contributed by atoms with E-state index >= 15 is 0 Å². The van der Waals surface area contributed by atoms with Gasteiger partial charge in [0, 0.05) is 6.04 Å². The van der Waals surface area contributed by atoms with Crippen LogP contribution in [-0.2, 0) is 13.6 Å². The van der Waals surface area contributed by atoms with Crippen LogP contribution >= 0.6 is 7.60 Å². The average Bonchev–Trinajstić information content (AvgIpc) is 2.03. The largest absolute Gasteiger partial charge is 0.379 e. The fourth-order valence-corrected chi connectivity index (χ4v) is 2.51. The molecule has 3 N–H and O–H groups in total. The van der Waals surface area contributed by atoms with E-state index in [4.69, 9.17) is 14.8 Å². The van der Waals surface area contributed by atoms with Gasteiger partial charge < -0.3 is 19.9 Å². The molecular weight excluding hydrogens is 193 g/mol. The van der Waals surface area contributed by atoms with Gasteiger partial charge in [0.25, 0.3) is 0 Å². The molecule has 0 aliphatic carbocycles. The fourth-order valence-electron chi connectivity index (χ4n) is 0.838. The summed E-state index contributed by atoms with van der Waals surface area (Å²) in [5.41, 5.74) is 5.40. The summed E-state index contributed by atoms with van der Waals surface area (Å²) in [6, 6.07) is -0.635. The standard InChI is InChI=1S/C7H18NO4P/c1-4-11-13(10,12-5-2)7(9)6(3)8/h6-7,9H,4-5,8H2,1-3H3/t6-,7-/m0/s1. The summed E-state index contributed by atoms with van der Waals surface area (Å²) in [5.74, 6) is -1.26. The first kappa shape index (κ1) is 13.1. The van der Waals surface area contributed by atoms with Gasteiger partial charge in [-0.3, -0.25) is 4.57 Å². The van der Waals surface area contributed by atoms with Crippen molar-refractivity contribution >= 4 is 7.60 Å². The Balaban J connectivity index is 4.47. The Morgan fingerprint density at radius 2 is 1.77 bits per heavy atom. The molecule has 0 rings (SSSR count). The second-order valence-electron chi connectivity index (χ2n) is 2.65. The third kappa shape index (κ3) is 3.75. The van der Waals surface area contributed by atoms with Crippen LogP contribution in [0.15, 0.2) is 0 Å². The third-order valence-corrected chi connectivity index (χ3v) is 3.77. The second kappa shape index (κ2) is 5.73. The lowest BCUT2D eigenvalue weighted by Crippen LogP contribution is -2.32. The van der Waals surface area contributed by atoms with Crippen molar-refractivity contribution < 1.29 is 18.7 Å². The van der Waals surface area contributed by atoms with Gasteiger partial charge in [0.2, 0.25) is 0 Å². The Hall–Kier alpha value is 0.0700. The van der Waals surface area contributed by atoms with E-state index in [9.17, 15) is 9.67 Å². The lowest BCUT2D eigenvalue weighted by Gasteiger charge is -2.24. The number of hydrogen-bond donors (Lipinski definition) is 2. The van der Waals surface area contributed by atoms with Crippen molar-refractivity contribution in [3.8, 4) is 0 Å². The second-order valence-corrected chi connectivity index (χ2v) is 4.77. The van der Waals surface area contributed by atoms with Crippen LogP contribution in [0.5, 0.6) is 0 Å². The molecule has 5 nitrogen and oxygen atoms in total. The fraction of sp³-hybridized carbons (Fsp3) is 1.00. The molecule has 2 atom stereocenters. The van der Waals surface area contributed by atoms with Gasteiger partial charge in [-0.2, -0.15) is 0 Å². The van der Waals surface area contributed by atoms with Crippen molar-refractivity contribution in [2.24, 2.45) is 5.73 Å². The molecular formula is C7H18NO4P. The Morgan fingerprint density at radius 3 is 2.00 bits per heavy atom. The molecule has 0 saturated carbocycles. The molecule has 0 spiro atoms. The zero-order valence-corrected chi connectivity index (χ0v) is 9.16. The zero-order valence-electron chi connectivity index (χ0n) is 8.27. The maximum absolute atomic E-state index is 11.8. The molecule has 80 valence electrons. The van der Waals surface area contributed by atoms with Crippen molar-refractivity contribution in [2.75, 3.05) is 13.2 Å². The molecule has 0 aromatic heterocycles. The summed E-state index contributed by atoms with van der Waals surface area (Å²) in [6.45, 7) is 5.36. The minimum Gasteiger partial charge on any atom is -0.379 e. The molecule has 13 heavy (non-hydrogen) atoms. The summed E-state index contributed by atoms with van der Waals surface area (Å²) in [5, 5.41) is 9.47. The molecule has 0 bridgehead atoms. The normalized spacial score (nSPS) is 17.0. The van der Waals surface area contributed by atoms with E-state index in [2.05, 4.69) is 0 Å². The van der Waals surface area contributed by atoms with Crippen molar-refractivity contribution in [1.82, 2.24) is 0 Å². The molecule has 0 aliphatic heterocycles. The van der Waals surface area contributed by atoms with E-state index in [0.29, 0.717) is 0 Å². The van der Waals surface area contributed by atoms with Gasteiger partial charge in [-0.05, 0) is 20.8 Å². The molecule has 0 aliphatic rings. The topological polar surface area (TPSA) is 81.8 Å². The van der Waals surface area contributed by atoms with Crippen molar-refractivity contribution in [3.63, 3.8) is 0 Å². The highest BCUT2D eigenvalue weighted by Gasteiger charge is 2.36. The first-order valence-corrected chi connectivity index (χ1v) is 5.91. The van der Waals surface area contributed by atoms with Crippen LogP contribution < -0.4 is 5.73 Å². The van der Waals surface area contributed by atoms with Gasteiger partial charge in [0.1, 0.15) is 0 Å². The van der Waals surface area contributed by atoms with E-state index in [0.717, 1.165) is 0 Å². The quantitative estimate of drug-likeness (QED) is 0.638. The van der Waals surface area contributed by atoms with Gasteiger partial charge in [0.15, 0.2) is 5.85 Å². The van der Waals surface area contributed by atoms with E-state index in [-0.39, 0.29) is 13.2 Å². The minimum absolute atomic E-state index is 0.223. The Kier molecular flexibility index (Phi) is 5.76. The van der Waals surface area contributed by atoms with Crippen LogP contribution in [0.25, 0.3) is 0 Å². The highest BCUT2D eigenvalue weighted by atomic mass is 31.2. The van der Waals surface area contributed by atoms with Crippen LogP contribution in [0.1, 0.15) is 20.8 Å². The smallest absolute Gasteiger partial charge is 0.360 e. The Morgan fingerprint density at radius 1 is 1.38 bits per heavy atom. The number of aliphatic hydroxyl groups excluding tert-OH is 1. The van der Waals surface area contributed by atoms with Crippen molar-refractivity contribution in [3.05, 3.63) is 0 Å². The first-order chi connectivity index (χ1) is 5.98. The van der Waals surface area contributed by atoms with Crippen LogP contribution in [0, 0.1) is 0 Å². The molecule has 0 aromatic rings. The van der Waals surface area contributed by atoms with Crippen LogP contribution in [-0.4, -0.2) is 30.2 Å². The summed E-state index contributed by atoms with van der Waals surface area (Å²) in [7, 11) is -3.44. The Labute approximate surface area is 78.8 Å². The molecule has 0 fully saturated rings. The SMILES string of the molecule is CCOP(=O)(OCC)[C@H](O)[C@H](C)N. The maximum atomic E-state index is 11.8. The van der Waals surface area contributed by atoms with Crippen molar-refractivity contribution in [1.29, 1.82) is 0 Å². The average molecular weight is 211 g/mol. The monoisotopic (exact) mass is 211 g/mol. The number of aliphatic hydroxyl groups is 1. The highest BCUT2D eigenvalue weighted by Crippen LogP contribution is 2.52. The van der Waals surface area contributed by atoms with Crippen LogP contribution in [0.4, 0.5) is 0 Å². The third-order valence-electron chi connectivity index (χ3n) is 1.41. The van der Waals surface area contributed by atoms with Gasteiger partial charge in [-0.1, -0.05) is 0 Å². The number of hydrogen-bond acceptors (Lipinski definition) is 5. The van der Waals surface area contributed by atoms with Gasteiger partial charge in [-0.15, -0.1) is 0 Å². The van der Waals surface area contributed by atoms with E-state index < -0.39 is 19.5 Å². The van der Waals surface area contributed by atoms with Crippen molar-refractivity contribution in [2.45, 2.75) is 32.7 Å². The Bertz CT molecular complexity index is 175. The number of rotatable bonds is 6. The summed E-state index contributed by atoms with van der Waals surface area (Å²) >= 11 is 0. The predicted molar refractivity (Wildman–Crippen MR) is 50.5 cm³/mol. The van der Waals surface area contributed by atoms with E-state index in [1.54, 1.807) is 20.8 Å².